The largest absolute Gasteiger partial charge is 0.507 e. The van der Waals surface area contributed by atoms with Gasteiger partial charge in [0, 0.05) is 16.3 Å². The molecule has 0 spiro atoms. The second-order valence-electron chi connectivity index (χ2n) is 2.85. The second kappa shape index (κ2) is 3.71. The summed E-state index contributed by atoms with van der Waals surface area (Å²) in [5.41, 5.74) is 0. The molecule has 74 valence electrons. The highest BCUT2D eigenvalue weighted by atomic mass is 32.1. The fourth-order valence-electron chi connectivity index (χ4n) is 1.29. The second-order valence-corrected chi connectivity index (χ2v) is 4.34. The Morgan fingerprint density at radius 3 is 2.93 bits per heavy atom. The summed E-state index contributed by atoms with van der Waals surface area (Å²) in [5, 5.41) is 11.2. The van der Waals surface area contributed by atoms with Crippen LogP contribution in [0.25, 0.3) is 10.1 Å². The van der Waals surface area contributed by atoms with Crippen LogP contribution in [0, 0.1) is 0 Å². The number of phenols is 1. The van der Waals surface area contributed by atoms with Gasteiger partial charge in [-0.2, -0.15) is 0 Å². The lowest BCUT2D eigenvalue weighted by Gasteiger charge is -1.95. The predicted molar refractivity (Wildman–Crippen MR) is 61.9 cm³/mol. The van der Waals surface area contributed by atoms with Crippen LogP contribution in [0.5, 0.6) is 10.8 Å². The van der Waals surface area contributed by atoms with Crippen molar-refractivity contribution in [2.24, 2.45) is 0 Å². The van der Waals surface area contributed by atoms with Gasteiger partial charge in [0.05, 0.1) is 11.3 Å². The fourth-order valence-corrected chi connectivity index (χ4v) is 2.62. The van der Waals surface area contributed by atoms with Crippen molar-refractivity contribution >= 4 is 34.1 Å². The van der Waals surface area contributed by atoms with Crippen LogP contribution in [0.15, 0.2) is 23.1 Å². The molecule has 0 aliphatic carbocycles. The summed E-state index contributed by atoms with van der Waals surface area (Å²) in [6.45, 7) is 2.57. The van der Waals surface area contributed by atoms with E-state index in [-0.39, 0.29) is 5.75 Å². The number of thiol groups is 1. The zero-order chi connectivity index (χ0) is 10.1. The number of hydrogen-bond acceptors (Lipinski definition) is 4. The van der Waals surface area contributed by atoms with Gasteiger partial charge in [0.25, 0.3) is 0 Å². The third-order valence-corrected chi connectivity index (χ3v) is 3.51. The molecule has 4 heteroatoms. The molecule has 0 fully saturated rings. The summed E-state index contributed by atoms with van der Waals surface area (Å²) >= 11 is 5.83. The maximum Gasteiger partial charge on any atom is 0.175 e. The maximum atomic E-state index is 9.59. The van der Waals surface area contributed by atoms with E-state index in [9.17, 15) is 5.11 Å². The molecule has 0 aliphatic rings. The number of aromatic hydroxyl groups is 1. The predicted octanol–water partition coefficient (Wildman–Crippen LogP) is 3.29. The highest BCUT2D eigenvalue weighted by molar-refractivity contribution is 7.80. The molecule has 0 atom stereocenters. The first-order valence-electron chi connectivity index (χ1n) is 4.29. The van der Waals surface area contributed by atoms with Gasteiger partial charge < -0.3 is 9.84 Å². The number of rotatable bonds is 2. The molecule has 1 heterocycles. The van der Waals surface area contributed by atoms with Crippen LogP contribution < -0.4 is 4.74 Å². The van der Waals surface area contributed by atoms with E-state index in [1.54, 1.807) is 12.1 Å². The standard InChI is InChI=1S/C10H10O2S2/c1-2-12-9-5-6-7(11)3-4-8(13)10(6)14-9/h3-5,11,13H,2H2,1H3. The Bertz CT molecular complexity index is 423. The quantitative estimate of drug-likeness (QED) is 0.769. The van der Waals surface area contributed by atoms with Crippen LogP contribution in [-0.4, -0.2) is 11.7 Å². The molecule has 1 aromatic carbocycles. The van der Waals surface area contributed by atoms with Crippen molar-refractivity contribution in [1.29, 1.82) is 0 Å². The van der Waals surface area contributed by atoms with E-state index in [0.717, 1.165) is 20.0 Å². The monoisotopic (exact) mass is 226 g/mol. The molecule has 2 aromatic rings. The van der Waals surface area contributed by atoms with Crippen LogP contribution >= 0.6 is 24.0 Å². The smallest absolute Gasteiger partial charge is 0.175 e. The molecule has 1 aromatic heterocycles. The van der Waals surface area contributed by atoms with E-state index in [1.165, 1.54) is 11.3 Å². The van der Waals surface area contributed by atoms with Crippen molar-refractivity contribution in [2.75, 3.05) is 6.61 Å². The van der Waals surface area contributed by atoms with Crippen LogP contribution in [-0.2, 0) is 0 Å². The molecule has 0 aliphatic heterocycles. The van der Waals surface area contributed by atoms with Crippen molar-refractivity contribution in [3.8, 4) is 10.8 Å². The lowest BCUT2D eigenvalue weighted by molar-refractivity contribution is 0.350. The summed E-state index contributed by atoms with van der Waals surface area (Å²) in [6, 6.07) is 5.28. The zero-order valence-electron chi connectivity index (χ0n) is 7.65. The van der Waals surface area contributed by atoms with E-state index in [1.807, 2.05) is 13.0 Å². The minimum atomic E-state index is 0.278. The fraction of sp³-hybridized carbons (Fsp3) is 0.200. The highest BCUT2D eigenvalue weighted by Gasteiger charge is 2.08. The zero-order valence-corrected chi connectivity index (χ0v) is 9.36. The number of benzene rings is 1. The third-order valence-electron chi connectivity index (χ3n) is 1.90. The van der Waals surface area contributed by atoms with E-state index in [2.05, 4.69) is 12.6 Å². The number of hydrogen-bond donors (Lipinski definition) is 2. The van der Waals surface area contributed by atoms with E-state index < -0.39 is 0 Å². The number of thiophene rings is 1. The van der Waals surface area contributed by atoms with Crippen molar-refractivity contribution in [3.05, 3.63) is 18.2 Å². The minimum absolute atomic E-state index is 0.278. The number of fused-ring (bicyclic) bond motifs is 1. The Labute approximate surface area is 91.5 Å². The molecule has 0 unspecified atom stereocenters. The lowest BCUT2D eigenvalue weighted by atomic mass is 10.2. The Morgan fingerprint density at radius 1 is 1.50 bits per heavy atom. The van der Waals surface area contributed by atoms with Crippen molar-refractivity contribution in [2.45, 2.75) is 11.8 Å². The first-order chi connectivity index (χ1) is 6.72. The number of ether oxygens (including phenoxy) is 1. The first kappa shape index (κ1) is 9.68. The van der Waals surface area contributed by atoms with Gasteiger partial charge >= 0.3 is 0 Å². The normalized spacial score (nSPS) is 10.7. The molecule has 0 saturated carbocycles. The van der Waals surface area contributed by atoms with Gasteiger partial charge in [-0.3, -0.25) is 0 Å². The van der Waals surface area contributed by atoms with E-state index in [0.29, 0.717) is 6.61 Å². The number of phenolic OH excluding ortho intramolecular Hbond substituents is 1. The first-order valence-corrected chi connectivity index (χ1v) is 5.56. The molecule has 0 saturated heterocycles. The third kappa shape index (κ3) is 1.55. The van der Waals surface area contributed by atoms with Crippen LogP contribution in [0.3, 0.4) is 0 Å². The van der Waals surface area contributed by atoms with Gasteiger partial charge in [-0.05, 0) is 19.1 Å². The molecular formula is C10H10O2S2. The van der Waals surface area contributed by atoms with Crippen molar-refractivity contribution in [3.63, 3.8) is 0 Å². The molecular weight excluding hydrogens is 216 g/mol. The Hall–Kier alpha value is -0.870. The van der Waals surface area contributed by atoms with Crippen LogP contribution in [0.1, 0.15) is 6.92 Å². The maximum absolute atomic E-state index is 9.59. The summed E-state index contributed by atoms with van der Waals surface area (Å²) < 4.78 is 6.34. The molecule has 0 amide bonds. The lowest BCUT2D eigenvalue weighted by Crippen LogP contribution is -1.86. The van der Waals surface area contributed by atoms with E-state index in [4.69, 9.17) is 4.74 Å². The Balaban J connectivity index is 2.63. The molecule has 0 radical (unpaired) electrons. The van der Waals surface area contributed by atoms with Gasteiger partial charge in [-0.15, -0.1) is 12.6 Å². The highest BCUT2D eigenvalue weighted by Crippen LogP contribution is 2.39. The minimum Gasteiger partial charge on any atom is -0.507 e. The summed E-state index contributed by atoms with van der Waals surface area (Å²) in [7, 11) is 0. The van der Waals surface area contributed by atoms with Crippen LogP contribution in [0.2, 0.25) is 0 Å². The van der Waals surface area contributed by atoms with Gasteiger partial charge in [0.15, 0.2) is 5.06 Å². The van der Waals surface area contributed by atoms with Gasteiger partial charge in [0.1, 0.15) is 5.75 Å². The van der Waals surface area contributed by atoms with Gasteiger partial charge in [-0.25, -0.2) is 0 Å². The Morgan fingerprint density at radius 2 is 2.29 bits per heavy atom. The summed E-state index contributed by atoms with van der Waals surface area (Å²) in [4.78, 5) is 0.869. The van der Waals surface area contributed by atoms with Gasteiger partial charge in [0.2, 0.25) is 0 Å². The molecule has 2 nitrogen and oxygen atoms in total. The topological polar surface area (TPSA) is 29.5 Å². The average molecular weight is 226 g/mol. The summed E-state index contributed by atoms with van der Waals surface area (Å²) in [6.07, 6.45) is 0. The molecule has 14 heavy (non-hydrogen) atoms. The average Bonchev–Trinajstić information content (AvgIpc) is 2.57. The molecule has 0 bridgehead atoms. The van der Waals surface area contributed by atoms with E-state index >= 15 is 0 Å². The SMILES string of the molecule is CCOc1cc2c(O)ccc(S)c2s1. The molecule has 2 rings (SSSR count). The summed E-state index contributed by atoms with van der Waals surface area (Å²) in [5.74, 6) is 0.278. The van der Waals surface area contributed by atoms with Crippen molar-refractivity contribution in [1.82, 2.24) is 0 Å². The van der Waals surface area contributed by atoms with Crippen molar-refractivity contribution < 1.29 is 9.84 Å². The molecule has 1 N–H and O–H groups in total. The van der Waals surface area contributed by atoms with Crippen LogP contribution in [0.4, 0.5) is 0 Å². The van der Waals surface area contributed by atoms with Gasteiger partial charge in [-0.1, -0.05) is 11.3 Å². The Kier molecular flexibility index (Phi) is 2.56.